The van der Waals surface area contributed by atoms with Crippen molar-refractivity contribution in [3.8, 4) is 0 Å². The van der Waals surface area contributed by atoms with Crippen molar-refractivity contribution < 1.29 is 27.1 Å². The molecule has 1 saturated heterocycles. The predicted molar refractivity (Wildman–Crippen MR) is 126 cm³/mol. The van der Waals surface area contributed by atoms with E-state index < -0.39 is 47.9 Å². The van der Waals surface area contributed by atoms with E-state index >= 15 is 0 Å². The Kier molecular flexibility index (Phi) is 6.59. The summed E-state index contributed by atoms with van der Waals surface area (Å²) >= 11 is 0. The van der Waals surface area contributed by atoms with Gasteiger partial charge in [-0.3, -0.25) is 4.79 Å². The molecule has 1 aromatic rings. The highest BCUT2D eigenvalue weighted by Gasteiger charge is 2.60. The number of carbonyl (C=O) groups excluding carboxylic acids is 1. The lowest BCUT2D eigenvalue weighted by molar-refractivity contribution is -0.256. The number of hydrogen-bond acceptors (Lipinski definition) is 6. The second-order valence-electron chi connectivity index (χ2n) is 10.7. The van der Waals surface area contributed by atoms with Crippen LogP contribution in [0.15, 0.2) is 47.4 Å². The molecular formula is C24H36O6SSi. The van der Waals surface area contributed by atoms with E-state index in [1.54, 1.807) is 44.2 Å². The third-order valence-corrected chi connectivity index (χ3v) is 13.7. The van der Waals surface area contributed by atoms with Crippen LogP contribution in [-0.4, -0.2) is 47.0 Å². The van der Waals surface area contributed by atoms with E-state index in [1.165, 1.54) is 0 Å². The fraction of sp³-hybridized carbons (Fsp3) is 0.625. The number of sulfone groups is 1. The van der Waals surface area contributed by atoms with Crippen LogP contribution in [0, 0.1) is 11.3 Å². The SMILES string of the molecule is C=C1C(CS(=O)(=O)c2ccccc2)[C@]2(C)C(=O)O[C@@H](C)O[C@H]2C[C@H]1O[Si](C)(C)C(C)(C)C. The molecule has 5 atom stereocenters. The molecule has 6 nitrogen and oxygen atoms in total. The highest BCUT2D eigenvalue weighted by molar-refractivity contribution is 7.91. The molecule has 0 aromatic heterocycles. The number of hydrogen-bond donors (Lipinski definition) is 0. The molecule has 1 heterocycles. The first kappa shape index (κ1) is 25.1. The molecule has 32 heavy (non-hydrogen) atoms. The molecule has 0 amide bonds. The average Bonchev–Trinajstić information content (AvgIpc) is 2.67. The molecule has 1 aromatic carbocycles. The summed E-state index contributed by atoms with van der Waals surface area (Å²) in [6.07, 6.45) is -1.15. The Hall–Kier alpha value is -1.48. The molecule has 3 rings (SSSR count). The molecule has 1 saturated carbocycles. The van der Waals surface area contributed by atoms with E-state index in [9.17, 15) is 13.2 Å². The Bertz CT molecular complexity index is 981. The summed E-state index contributed by atoms with van der Waals surface area (Å²) in [5, 5.41) is -0.0285. The maximum Gasteiger partial charge on any atom is 0.317 e. The first-order chi connectivity index (χ1) is 14.6. The van der Waals surface area contributed by atoms with Crippen molar-refractivity contribution in [2.75, 3.05) is 5.75 Å². The topological polar surface area (TPSA) is 78.9 Å². The third kappa shape index (κ3) is 4.47. The summed E-state index contributed by atoms with van der Waals surface area (Å²) < 4.78 is 44.8. The third-order valence-electron chi connectivity index (χ3n) is 7.48. The number of rotatable bonds is 5. The molecule has 0 spiro atoms. The van der Waals surface area contributed by atoms with E-state index in [2.05, 4.69) is 40.4 Å². The average molecular weight is 481 g/mol. The van der Waals surface area contributed by atoms with Crippen molar-refractivity contribution in [2.24, 2.45) is 11.3 Å². The fourth-order valence-electron chi connectivity index (χ4n) is 4.31. The van der Waals surface area contributed by atoms with E-state index in [-0.39, 0.29) is 21.8 Å². The summed E-state index contributed by atoms with van der Waals surface area (Å²) in [4.78, 5) is 13.3. The zero-order chi connectivity index (χ0) is 24.1. The van der Waals surface area contributed by atoms with Crippen LogP contribution in [0.1, 0.15) is 41.0 Å². The second-order valence-corrected chi connectivity index (χ2v) is 17.5. The molecule has 1 aliphatic carbocycles. The minimum Gasteiger partial charge on any atom is -0.436 e. The second kappa shape index (κ2) is 8.38. The molecular weight excluding hydrogens is 444 g/mol. The van der Waals surface area contributed by atoms with Crippen LogP contribution in [0.2, 0.25) is 18.1 Å². The lowest BCUT2D eigenvalue weighted by Crippen LogP contribution is -2.61. The highest BCUT2D eigenvalue weighted by atomic mass is 32.2. The van der Waals surface area contributed by atoms with Gasteiger partial charge in [-0.05, 0) is 49.7 Å². The zero-order valence-corrected chi connectivity index (χ0v) is 22.0. The maximum atomic E-state index is 13.3. The van der Waals surface area contributed by atoms with Gasteiger partial charge in [-0.1, -0.05) is 45.5 Å². The quantitative estimate of drug-likeness (QED) is 0.345. The number of benzene rings is 1. The molecule has 1 unspecified atom stereocenters. The van der Waals surface area contributed by atoms with E-state index in [1.807, 2.05) is 0 Å². The molecule has 0 N–H and O–H groups in total. The summed E-state index contributed by atoms with van der Waals surface area (Å²) in [6, 6.07) is 8.29. The maximum absolute atomic E-state index is 13.3. The van der Waals surface area contributed by atoms with Crippen LogP contribution in [0.5, 0.6) is 0 Å². The summed E-state index contributed by atoms with van der Waals surface area (Å²) in [5.41, 5.74) is -0.526. The summed E-state index contributed by atoms with van der Waals surface area (Å²) in [5.74, 6) is -1.39. The van der Waals surface area contributed by atoms with Crippen LogP contribution in [0.25, 0.3) is 0 Å². The largest absolute Gasteiger partial charge is 0.436 e. The number of carbonyl (C=O) groups is 1. The molecule has 0 bridgehead atoms. The number of ether oxygens (including phenoxy) is 2. The van der Waals surface area contributed by atoms with Gasteiger partial charge in [-0.15, -0.1) is 0 Å². The molecule has 0 radical (unpaired) electrons. The van der Waals surface area contributed by atoms with Crippen LogP contribution < -0.4 is 0 Å². The van der Waals surface area contributed by atoms with Gasteiger partial charge < -0.3 is 13.9 Å². The Morgan fingerprint density at radius 3 is 2.38 bits per heavy atom. The molecule has 2 aliphatic rings. The van der Waals surface area contributed by atoms with Crippen LogP contribution in [0.3, 0.4) is 0 Å². The minimum absolute atomic E-state index is 0.0285. The Balaban J connectivity index is 2.02. The van der Waals surface area contributed by atoms with Crippen LogP contribution >= 0.6 is 0 Å². The van der Waals surface area contributed by atoms with Crippen molar-refractivity contribution in [3.05, 3.63) is 42.5 Å². The summed E-state index contributed by atoms with van der Waals surface area (Å²) in [7, 11) is -5.87. The highest BCUT2D eigenvalue weighted by Crippen LogP contribution is 2.51. The van der Waals surface area contributed by atoms with Gasteiger partial charge in [0.15, 0.2) is 24.4 Å². The lowest BCUT2D eigenvalue weighted by atomic mass is 9.63. The first-order valence-electron chi connectivity index (χ1n) is 11.1. The van der Waals surface area contributed by atoms with Crippen LogP contribution in [0.4, 0.5) is 0 Å². The van der Waals surface area contributed by atoms with Crippen molar-refractivity contribution in [1.29, 1.82) is 0 Å². The minimum atomic E-state index is -3.68. The van der Waals surface area contributed by atoms with Gasteiger partial charge in [0.05, 0.1) is 28.3 Å². The number of cyclic esters (lactones) is 1. The first-order valence-corrected chi connectivity index (χ1v) is 15.7. The van der Waals surface area contributed by atoms with E-state index in [0.717, 1.165) is 0 Å². The van der Waals surface area contributed by atoms with Gasteiger partial charge in [0.2, 0.25) is 0 Å². The van der Waals surface area contributed by atoms with Gasteiger partial charge in [0, 0.05) is 12.3 Å². The smallest absolute Gasteiger partial charge is 0.317 e. The normalized spacial score (nSPS) is 31.7. The fourth-order valence-corrected chi connectivity index (χ4v) is 7.39. The summed E-state index contributed by atoms with van der Waals surface area (Å²) in [6.45, 7) is 18.5. The van der Waals surface area contributed by atoms with Crippen molar-refractivity contribution in [3.63, 3.8) is 0 Å². The molecule has 2 fully saturated rings. The van der Waals surface area contributed by atoms with E-state index in [0.29, 0.717) is 12.0 Å². The van der Waals surface area contributed by atoms with Crippen LogP contribution in [-0.2, 0) is 28.5 Å². The zero-order valence-electron chi connectivity index (χ0n) is 20.2. The molecule has 8 heteroatoms. The van der Waals surface area contributed by atoms with Gasteiger partial charge in [0.25, 0.3) is 0 Å². The lowest BCUT2D eigenvalue weighted by Gasteiger charge is -2.53. The van der Waals surface area contributed by atoms with Crippen molar-refractivity contribution in [2.45, 2.75) is 82.6 Å². The standard InChI is InChI=1S/C24H36O6SSi/c1-16-19(15-31(26,27)18-12-10-9-11-13-18)24(6)21(28-17(2)29-22(24)25)14-20(16)30-32(7,8)23(3,4)5/h9-13,17,19-21H,1,14-15H2,2-8H3/t17-,19?,20+,21-,24-/m0/s1. The van der Waals surface area contributed by atoms with E-state index in [4.69, 9.17) is 13.9 Å². The predicted octanol–water partition coefficient (Wildman–Crippen LogP) is 4.72. The Morgan fingerprint density at radius 2 is 1.81 bits per heavy atom. The van der Waals surface area contributed by atoms with Gasteiger partial charge in [-0.25, -0.2) is 8.42 Å². The number of esters is 1. The van der Waals surface area contributed by atoms with Gasteiger partial charge in [-0.2, -0.15) is 0 Å². The van der Waals surface area contributed by atoms with Gasteiger partial charge >= 0.3 is 5.97 Å². The van der Waals surface area contributed by atoms with Crippen molar-refractivity contribution in [1.82, 2.24) is 0 Å². The number of fused-ring (bicyclic) bond motifs is 1. The Morgan fingerprint density at radius 1 is 1.22 bits per heavy atom. The van der Waals surface area contributed by atoms with Crippen molar-refractivity contribution >= 4 is 24.1 Å². The molecule has 178 valence electrons. The Labute approximate surface area is 193 Å². The van der Waals surface area contributed by atoms with Gasteiger partial charge in [0.1, 0.15) is 0 Å². The monoisotopic (exact) mass is 480 g/mol. The molecule has 1 aliphatic heterocycles.